The molecule has 1 N–H and O–H groups in total. The van der Waals surface area contributed by atoms with Gasteiger partial charge in [-0.25, -0.2) is 4.68 Å². The summed E-state index contributed by atoms with van der Waals surface area (Å²) in [5, 5.41) is 15.4. The first-order valence-electron chi connectivity index (χ1n) is 11.4. The minimum absolute atomic E-state index is 0.373. The molecule has 0 aliphatic carbocycles. The first-order chi connectivity index (χ1) is 15.6. The zero-order valence-electron chi connectivity index (χ0n) is 19.4. The standard InChI is InChI=1S/C26H35N3O3/c1-4-5-14-22(30)19-29(17-18-31-3)20-24-25(21-12-8-6-9-13-21)27-28(2)26(24)32-23-15-10-7-11-16-23/h6-13,15-16,22,30H,4-5,14,17-20H2,1-3H3/t22-/m1/s1. The van der Waals surface area contributed by atoms with E-state index in [1.807, 2.05) is 55.6 Å². The van der Waals surface area contributed by atoms with Crippen molar-refractivity contribution < 1.29 is 14.6 Å². The number of benzene rings is 2. The maximum absolute atomic E-state index is 10.6. The lowest BCUT2D eigenvalue weighted by Crippen LogP contribution is -2.34. The van der Waals surface area contributed by atoms with Crippen LogP contribution in [0.2, 0.25) is 0 Å². The number of aliphatic hydroxyl groups excluding tert-OH is 1. The van der Waals surface area contributed by atoms with Gasteiger partial charge >= 0.3 is 0 Å². The van der Waals surface area contributed by atoms with Crippen molar-refractivity contribution in [3.63, 3.8) is 0 Å². The largest absolute Gasteiger partial charge is 0.439 e. The lowest BCUT2D eigenvalue weighted by Gasteiger charge is -2.25. The molecule has 1 heterocycles. The van der Waals surface area contributed by atoms with Crippen LogP contribution in [0.3, 0.4) is 0 Å². The SMILES string of the molecule is CCCC[C@@H](O)CN(CCOC)Cc1c(-c2ccccc2)nn(C)c1Oc1ccccc1. The van der Waals surface area contributed by atoms with Crippen LogP contribution in [0.5, 0.6) is 11.6 Å². The summed E-state index contributed by atoms with van der Waals surface area (Å²) in [6, 6.07) is 19.9. The minimum atomic E-state index is -0.373. The van der Waals surface area contributed by atoms with Gasteiger partial charge < -0.3 is 14.6 Å². The van der Waals surface area contributed by atoms with E-state index in [-0.39, 0.29) is 6.10 Å². The van der Waals surface area contributed by atoms with Gasteiger partial charge in [0.2, 0.25) is 5.88 Å². The smallest absolute Gasteiger partial charge is 0.222 e. The number of hydrogen-bond acceptors (Lipinski definition) is 5. The molecule has 0 saturated carbocycles. The average molecular weight is 438 g/mol. The van der Waals surface area contributed by atoms with E-state index in [4.69, 9.17) is 14.6 Å². The van der Waals surface area contributed by atoms with Crippen LogP contribution in [0, 0.1) is 0 Å². The third-order valence-electron chi connectivity index (χ3n) is 5.45. The predicted octanol–water partition coefficient (Wildman–Crippen LogP) is 4.88. The fourth-order valence-electron chi connectivity index (χ4n) is 3.76. The fraction of sp³-hybridized carbons (Fsp3) is 0.423. The highest BCUT2D eigenvalue weighted by atomic mass is 16.5. The van der Waals surface area contributed by atoms with E-state index in [9.17, 15) is 5.11 Å². The Bertz CT molecular complexity index is 928. The molecule has 3 aromatic rings. The zero-order valence-corrected chi connectivity index (χ0v) is 19.4. The van der Waals surface area contributed by atoms with Gasteiger partial charge in [0.05, 0.1) is 18.3 Å². The molecule has 1 aromatic heterocycles. The fourth-order valence-corrected chi connectivity index (χ4v) is 3.76. The number of methoxy groups -OCH3 is 1. The monoisotopic (exact) mass is 437 g/mol. The van der Waals surface area contributed by atoms with Crippen LogP contribution in [0.1, 0.15) is 31.7 Å². The van der Waals surface area contributed by atoms with Crippen molar-refractivity contribution in [2.75, 3.05) is 26.8 Å². The molecule has 1 atom stereocenters. The summed E-state index contributed by atoms with van der Waals surface area (Å²) >= 11 is 0. The lowest BCUT2D eigenvalue weighted by molar-refractivity contribution is 0.0788. The summed E-state index contributed by atoms with van der Waals surface area (Å²) in [4.78, 5) is 2.23. The molecule has 0 spiro atoms. The van der Waals surface area contributed by atoms with Crippen LogP contribution < -0.4 is 4.74 Å². The average Bonchev–Trinajstić information content (AvgIpc) is 3.12. The molecule has 0 amide bonds. The van der Waals surface area contributed by atoms with Gasteiger partial charge in [-0.15, -0.1) is 0 Å². The molecule has 2 aromatic carbocycles. The molecule has 32 heavy (non-hydrogen) atoms. The first-order valence-corrected chi connectivity index (χ1v) is 11.4. The molecule has 0 fully saturated rings. The van der Waals surface area contributed by atoms with E-state index in [1.165, 1.54) is 0 Å². The first kappa shape index (κ1) is 24.0. The third kappa shape index (κ3) is 6.66. The zero-order chi connectivity index (χ0) is 22.8. The molecule has 3 rings (SSSR count). The van der Waals surface area contributed by atoms with E-state index in [0.29, 0.717) is 32.1 Å². The van der Waals surface area contributed by atoms with Crippen molar-refractivity contribution in [1.29, 1.82) is 0 Å². The molecular formula is C26H35N3O3. The minimum Gasteiger partial charge on any atom is -0.439 e. The van der Waals surface area contributed by atoms with Gasteiger partial charge in [0.15, 0.2) is 0 Å². The Morgan fingerprint density at radius 3 is 2.41 bits per heavy atom. The van der Waals surface area contributed by atoms with Gasteiger partial charge in [0, 0.05) is 39.4 Å². The molecule has 0 bridgehead atoms. The molecule has 0 unspecified atom stereocenters. The number of aromatic nitrogens is 2. The second-order valence-corrected chi connectivity index (χ2v) is 8.06. The summed E-state index contributed by atoms with van der Waals surface area (Å²) in [6.07, 6.45) is 2.52. The summed E-state index contributed by atoms with van der Waals surface area (Å²) < 4.78 is 13.4. The Morgan fingerprint density at radius 1 is 1.06 bits per heavy atom. The normalized spacial score (nSPS) is 12.3. The maximum Gasteiger partial charge on any atom is 0.222 e. The van der Waals surface area contributed by atoms with Crippen LogP contribution in [-0.2, 0) is 18.3 Å². The molecule has 0 saturated heterocycles. The second kappa shape index (κ2) is 12.4. The maximum atomic E-state index is 10.6. The van der Waals surface area contributed by atoms with Gasteiger partial charge in [-0.3, -0.25) is 4.90 Å². The number of aliphatic hydroxyl groups is 1. The van der Waals surface area contributed by atoms with E-state index in [0.717, 1.165) is 41.8 Å². The molecule has 0 radical (unpaired) electrons. The van der Waals surface area contributed by atoms with Crippen LogP contribution >= 0.6 is 0 Å². The van der Waals surface area contributed by atoms with E-state index in [2.05, 4.69) is 24.0 Å². The second-order valence-electron chi connectivity index (χ2n) is 8.06. The Morgan fingerprint density at radius 2 is 1.75 bits per heavy atom. The van der Waals surface area contributed by atoms with Gasteiger partial charge in [0.25, 0.3) is 0 Å². The van der Waals surface area contributed by atoms with Crippen molar-refractivity contribution in [3.8, 4) is 22.9 Å². The lowest BCUT2D eigenvalue weighted by atomic mass is 10.1. The predicted molar refractivity (Wildman–Crippen MR) is 128 cm³/mol. The Hall–Kier alpha value is -2.67. The summed E-state index contributed by atoms with van der Waals surface area (Å²) in [6.45, 7) is 4.64. The molecular weight excluding hydrogens is 402 g/mol. The number of hydrogen-bond donors (Lipinski definition) is 1. The Kier molecular flexibility index (Phi) is 9.28. The molecule has 0 aliphatic rings. The van der Waals surface area contributed by atoms with Gasteiger partial charge in [-0.1, -0.05) is 68.3 Å². The molecule has 0 aliphatic heterocycles. The van der Waals surface area contributed by atoms with Crippen LogP contribution in [0.4, 0.5) is 0 Å². The van der Waals surface area contributed by atoms with Crippen LogP contribution in [0.15, 0.2) is 60.7 Å². The number of aryl methyl sites for hydroxylation is 1. The van der Waals surface area contributed by atoms with Crippen molar-refractivity contribution in [3.05, 3.63) is 66.2 Å². The number of nitrogens with zero attached hydrogens (tertiary/aromatic N) is 3. The van der Waals surface area contributed by atoms with Gasteiger partial charge in [-0.05, 0) is 18.6 Å². The molecule has 6 heteroatoms. The van der Waals surface area contributed by atoms with E-state index in [1.54, 1.807) is 11.8 Å². The highest BCUT2D eigenvalue weighted by molar-refractivity contribution is 5.65. The van der Waals surface area contributed by atoms with Crippen LogP contribution in [0.25, 0.3) is 11.3 Å². The van der Waals surface area contributed by atoms with Gasteiger partial charge in [-0.2, -0.15) is 5.10 Å². The van der Waals surface area contributed by atoms with E-state index >= 15 is 0 Å². The number of rotatable bonds is 13. The highest BCUT2D eigenvalue weighted by Gasteiger charge is 2.23. The topological polar surface area (TPSA) is 59.8 Å². The van der Waals surface area contributed by atoms with Gasteiger partial charge in [0.1, 0.15) is 11.4 Å². The van der Waals surface area contributed by atoms with Crippen LogP contribution in [-0.4, -0.2) is 52.7 Å². The number of unbranched alkanes of at least 4 members (excludes halogenated alkanes) is 1. The molecule has 172 valence electrons. The summed E-state index contributed by atoms with van der Waals surface area (Å²) in [5.41, 5.74) is 2.94. The highest BCUT2D eigenvalue weighted by Crippen LogP contribution is 2.34. The summed E-state index contributed by atoms with van der Waals surface area (Å²) in [5.74, 6) is 1.48. The Labute approximate surface area is 191 Å². The number of ether oxygens (including phenoxy) is 2. The Balaban J connectivity index is 1.94. The summed E-state index contributed by atoms with van der Waals surface area (Å²) in [7, 11) is 3.61. The van der Waals surface area contributed by atoms with E-state index < -0.39 is 0 Å². The number of para-hydroxylation sites is 1. The van der Waals surface area contributed by atoms with Crippen molar-refractivity contribution in [2.45, 2.75) is 38.8 Å². The van der Waals surface area contributed by atoms with Crippen molar-refractivity contribution in [1.82, 2.24) is 14.7 Å². The van der Waals surface area contributed by atoms with Crippen molar-refractivity contribution in [2.24, 2.45) is 7.05 Å². The quantitative estimate of drug-likeness (QED) is 0.413. The van der Waals surface area contributed by atoms with Crippen molar-refractivity contribution >= 4 is 0 Å². The third-order valence-corrected chi connectivity index (χ3v) is 5.45. The molecule has 6 nitrogen and oxygen atoms in total.